The smallest absolute Gasteiger partial charge is 0.202 e. The van der Waals surface area contributed by atoms with E-state index in [4.69, 9.17) is 4.74 Å². The minimum Gasteiger partial charge on any atom is -0.385 e. The van der Waals surface area contributed by atoms with Crippen molar-refractivity contribution >= 4 is 16.7 Å². The van der Waals surface area contributed by atoms with Crippen LogP contribution in [0.3, 0.4) is 0 Å². The van der Waals surface area contributed by atoms with Gasteiger partial charge in [0.2, 0.25) is 5.13 Å². The van der Waals surface area contributed by atoms with Gasteiger partial charge in [-0.3, -0.25) is 0 Å². The van der Waals surface area contributed by atoms with Gasteiger partial charge >= 0.3 is 0 Å². The van der Waals surface area contributed by atoms with E-state index < -0.39 is 0 Å². The average Bonchev–Trinajstić information content (AvgIpc) is 2.63. The second kappa shape index (κ2) is 6.74. The minimum absolute atomic E-state index is 0.630. The number of hydrogen-bond donors (Lipinski definition) is 1. The predicted octanol–water partition coefficient (Wildman–Crippen LogP) is 2.19. The summed E-state index contributed by atoms with van der Waals surface area (Å²) in [6, 6.07) is 0. The van der Waals surface area contributed by atoms with E-state index in [2.05, 4.69) is 28.5 Å². The maximum Gasteiger partial charge on any atom is 0.202 e. The summed E-state index contributed by atoms with van der Waals surface area (Å²) in [4.78, 5) is 4.39. The van der Waals surface area contributed by atoms with E-state index >= 15 is 0 Å². The molecule has 0 bridgehead atoms. The Morgan fingerprint density at radius 2 is 2.27 bits per heavy atom. The zero-order chi connectivity index (χ0) is 11.1. The van der Waals surface area contributed by atoms with Crippen LogP contribution >= 0.6 is 11.5 Å². The van der Waals surface area contributed by atoms with Crippen molar-refractivity contribution in [2.24, 2.45) is 5.92 Å². The summed E-state index contributed by atoms with van der Waals surface area (Å²) in [5, 5.41) is 4.20. The number of rotatable bonds is 7. The first-order valence-electron chi connectivity index (χ1n) is 5.27. The van der Waals surface area contributed by atoms with Crippen molar-refractivity contribution in [1.82, 2.24) is 9.36 Å². The summed E-state index contributed by atoms with van der Waals surface area (Å²) in [5.74, 6) is 1.55. The fourth-order valence-electron chi connectivity index (χ4n) is 1.09. The van der Waals surface area contributed by atoms with E-state index in [0.717, 1.165) is 36.9 Å². The Bertz CT molecular complexity index is 275. The van der Waals surface area contributed by atoms with Crippen LogP contribution in [0.2, 0.25) is 0 Å². The van der Waals surface area contributed by atoms with Crippen LogP contribution in [-0.4, -0.2) is 29.6 Å². The standard InChI is InChI=1S/C10H19N3OS/c1-8(2)7-11-10-12-9(13-15-10)5-4-6-14-3/h8H,4-7H2,1-3H3,(H,11,12,13). The van der Waals surface area contributed by atoms with Gasteiger partial charge in [-0.2, -0.15) is 4.37 Å². The van der Waals surface area contributed by atoms with Gasteiger partial charge in [-0.15, -0.1) is 0 Å². The van der Waals surface area contributed by atoms with Crippen molar-refractivity contribution in [3.63, 3.8) is 0 Å². The van der Waals surface area contributed by atoms with Gasteiger partial charge in [-0.1, -0.05) is 13.8 Å². The third-order valence-corrected chi connectivity index (χ3v) is 2.59. The zero-order valence-electron chi connectivity index (χ0n) is 9.62. The van der Waals surface area contributed by atoms with Gasteiger partial charge < -0.3 is 10.1 Å². The van der Waals surface area contributed by atoms with Gasteiger partial charge in [0.05, 0.1) is 0 Å². The lowest BCUT2D eigenvalue weighted by molar-refractivity contribution is 0.194. The monoisotopic (exact) mass is 229 g/mol. The molecule has 1 heterocycles. The van der Waals surface area contributed by atoms with E-state index in [0.29, 0.717) is 5.92 Å². The molecule has 4 nitrogen and oxygen atoms in total. The molecular weight excluding hydrogens is 210 g/mol. The van der Waals surface area contributed by atoms with E-state index in [-0.39, 0.29) is 0 Å². The maximum absolute atomic E-state index is 4.98. The molecule has 1 aromatic heterocycles. The first kappa shape index (κ1) is 12.4. The number of aromatic nitrogens is 2. The van der Waals surface area contributed by atoms with Crippen LogP contribution in [0.15, 0.2) is 0 Å². The van der Waals surface area contributed by atoms with Gasteiger partial charge in [0, 0.05) is 38.2 Å². The number of anilines is 1. The largest absolute Gasteiger partial charge is 0.385 e. The molecule has 0 amide bonds. The van der Waals surface area contributed by atoms with E-state index in [1.807, 2.05) is 0 Å². The van der Waals surface area contributed by atoms with Gasteiger partial charge in [0.1, 0.15) is 5.82 Å². The van der Waals surface area contributed by atoms with Crippen LogP contribution in [0, 0.1) is 5.92 Å². The van der Waals surface area contributed by atoms with E-state index in [1.165, 1.54) is 11.5 Å². The number of methoxy groups -OCH3 is 1. The summed E-state index contributed by atoms with van der Waals surface area (Å²) in [6.07, 6.45) is 1.88. The lowest BCUT2D eigenvalue weighted by Gasteiger charge is -2.03. The molecule has 5 heteroatoms. The highest BCUT2D eigenvalue weighted by Gasteiger charge is 2.03. The summed E-state index contributed by atoms with van der Waals surface area (Å²) >= 11 is 1.44. The van der Waals surface area contributed by atoms with Crippen molar-refractivity contribution in [3.05, 3.63) is 5.82 Å². The number of ether oxygens (including phenoxy) is 1. The lowest BCUT2D eigenvalue weighted by Crippen LogP contribution is -2.07. The molecule has 0 saturated carbocycles. The first-order chi connectivity index (χ1) is 7.22. The van der Waals surface area contributed by atoms with E-state index in [9.17, 15) is 0 Å². The molecule has 15 heavy (non-hydrogen) atoms. The fraction of sp³-hybridized carbons (Fsp3) is 0.800. The first-order valence-corrected chi connectivity index (χ1v) is 6.05. The van der Waals surface area contributed by atoms with Crippen LogP contribution < -0.4 is 5.32 Å². The molecule has 1 aromatic rings. The Balaban J connectivity index is 2.29. The summed E-state index contributed by atoms with van der Waals surface area (Å²) in [7, 11) is 1.71. The predicted molar refractivity (Wildman–Crippen MR) is 63.4 cm³/mol. The van der Waals surface area contributed by atoms with Crippen LogP contribution in [0.25, 0.3) is 0 Å². The third-order valence-electron chi connectivity index (χ3n) is 1.88. The highest BCUT2D eigenvalue weighted by molar-refractivity contribution is 7.09. The molecule has 86 valence electrons. The molecular formula is C10H19N3OS. The molecule has 0 spiro atoms. The highest BCUT2D eigenvalue weighted by atomic mass is 32.1. The van der Waals surface area contributed by atoms with E-state index in [1.54, 1.807) is 7.11 Å². The molecule has 1 rings (SSSR count). The zero-order valence-corrected chi connectivity index (χ0v) is 10.4. The number of aryl methyl sites for hydroxylation is 1. The normalized spacial score (nSPS) is 10.9. The quantitative estimate of drug-likeness (QED) is 0.728. The molecule has 0 unspecified atom stereocenters. The van der Waals surface area contributed by atoms with Crippen molar-refractivity contribution in [2.75, 3.05) is 25.6 Å². The SMILES string of the molecule is COCCCc1nsc(NCC(C)C)n1. The maximum atomic E-state index is 4.98. The molecule has 0 aliphatic heterocycles. The molecule has 0 aromatic carbocycles. The van der Waals surface area contributed by atoms with Crippen LogP contribution in [0.5, 0.6) is 0 Å². The Morgan fingerprint density at radius 1 is 1.47 bits per heavy atom. The van der Waals surface area contributed by atoms with Gasteiger partial charge in [0.25, 0.3) is 0 Å². The highest BCUT2D eigenvalue weighted by Crippen LogP contribution is 2.12. The summed E-state index contributed by atoms with van der Waals surface area (Å²) < 4.78 is 9.26. The van der Waals surface area contributed by atoms with Crippen LogP contribution in [-0.2, 0) is 11.2 Å². The van der Waals surface area contributed by atoms with Crippen molar-refractivity contribution in [1.29, 1.82) is 0 Å². The van der Waals surface area contributed by atoms with Crippen molar-refractivity contribution < 1.29 is 4.74 Å². The fourth-order valence-corrected chi connectivity index (χ4v) is 1.71. The Hall–Kier alpha value is -0.680. The molecule has 1 N–H and O–H groups in total. The number of hydrogen-bond acceptors (Lipinski definition) is 5. The van der Waals surface area contributed by atoms with Crippen molar-refractivity contribution in [2.45, 2.75) is 26.7 Å². The number of nitrogens with zero attached hydrogens (tertiary/aromatic N) is 2. The average molecular weight is 229 g/mol. The van der Waals surface area contributed by atoms with Gasteiger partial charge in [-0.25, -0.2) is 4.98 Å². The summed E-state index contributed by atoms with van der Waals surface area (Å²) in [5.41, 5.74) is 0. The summed E-state index contributed by atoms with van der Waals surface area (Å²) in [6.45, 7) is 6.07. The van der Waals surface area contributed by atoms with Gasteiger partial charge in [-0.05, 0) is 12.3 Å². The van der Waals surface area contributed by atoms with Crippen LogP contribution in [0.4, 0.5) is 5.13 Å². The Morgan fingerprint density at radius 3 is 2.93 bits per heavy atom. The third kappa shape index (κ3) is 5.09. The van der Waals surface area contributed by atoms with Crippen LogP contribution in [0.1, 0.15) is 26.1 Å². The molecule has 0 atom stereocenters. The topological polar surface area (TPSA) is 47.0 Å². The molecule has 0 saturated heterocycles. The van der Waals surface area contributed by atoms with Crippen molar-refractivity contribution in [3.8, 4) is 0 Å². The minimum atomic E-state index is 0.630. The Kier molecular flexibility index (Phi) is 5.57. The molecule has 0 aliphatic rings. The molecule has 0 radical (unpaired) electrons. The molecule has 0 aliphatic carbocycles. The number of nitrogens with one attached hydrogen (secondary N) is 1. The Labute approximate surface area is 95.2 Å². The second-order valence-electron chi connectivity index (χ2n) is 3.89. The molecule has 0 fully saturated rings. The van der Waals surface area contributed by atoms with Gasteiger partial charge in [0.15, 0.2) is 0 Å². The second-order valence-corrected chi connectivity index (χ2v) is 4.64. The lowest BCUT2D eigenvalue weighted by atomic mass is 10.2.